The molecular formula is C10H18N4. The first-order valence-corrected chi connectivity index (χ1v) is 5.03. The van der Waals surface area contributed by atoms with Crippen LogP contribution in [0.3, 0.4) is 0 Å². The van der Waals surface area contributed by atoms with E-state index in [0.717, 1.165) is 31.7 Å². The normalized spacial score (nSPS) is 12.4. The summed E-state index contributed by atoms with van der Waals surface area (Å²) >= 11 is 0. The third kappa shape index (κ3) is 4.18. The summed E-state index contributed by atoms with van der Waals surface area (Å²) in [6, 6.07) is 0. The summed E-state index contributed by atoms with van der Waals surface area (Å²) in [7, 11) is 0. The first-order valence-electron chi connectivity index (χ1n) is 5.03. The molecule has 0 aliphatic rings. The Morgan fingerprint density at radius 1 is 1.50 bits per heavy atom. The highest BCUT2D eigenvalue weighted by molar-refractivity contribution is 5.29. The van der Waals surface area contributed by atoms with Crippen LogP contribution in [-0.4, -0.2) is 23.1 Å². The van der Waals surface area contributed by atoms with Crippen LogP contribution in [-0.2, 0) is 0 Å². The van der Waals surface area contributed by atoms with E-state index in [0.29, 0.717) is 5.92 Å². The van der Waals surface area contributed by atoms with Gasteiger partial charge in [0, 0.05) is 18.9 Å². The second-order valence-electron chi connectivity index (χ2n) is 3.50. The van der Waals surface area contributed by atoms with E-state index in [4.69, 9.17) is 5.73 Å². The number of nitrogens with two attached hydrogens (primary N) is 1. The Morgan fingerprint density at radius 3 is 3.00 bits per heavy atom. The first-order chi connectivity index (χ1) is 6.83. The lowest BCUT2D eigenvalue weighted by Gasteiger charge is -2.08. The zero-order valence-corrected chi connectivity index (χ0v) is 8.61. The topological polar surface area (TPSA) is 63.8 Å². The van der Waals surface area contributed by atoms with E-state index in [2.05, 4.69) is 22.2 Å². The van der Waals surface area contributed by atoms with E-state index < -0.39 is 0 Å². The molecular weight excluding hydrogens is 176 g/mol. The molecule has 0 fully saturated rings. The van der Waals surface area contributed by atoms with Crippen molar-refractivity contribution in [1.82, 2.24) is 9.97 Å². The quantitative estimate of drug-likeness (QED) is 0.669. The third-order valence-electron chi connectivity index (χ3n) is 2.15. The van der Waals surface area contributed by atoms with Gasteiger partial charge >= 0.3 is 0 Å². The first kappa shape index (κ1) is 10.9. The van der Waals surface area contributed by atoms with E-state index in [-0.39, 0.29) is 0 Å². The molecule has 1 unspecified atom stereocenters. The maximum Gasteiger partial charge on any atom is 0.144 e. The lowest BCUT2D eigenvalue weighted by Crippen LogP contribution is -2.12. The highest BCUT2D eigenvalue weighted by Gasteiger charge is 1.98. The van der Waals surface area contributed by atoms with Gasteiger partial charge in [-0.25, -0.2) is 4.98 Å². The summed E-state index contributed by atoms with van der Waals surface area (Å²) < 4.78 is 0. The molecule has 0 aliphatic carbocycles. The van der Waals surface area contributed by atoms with Crippen molar-refractivity contribution in [2.24, 2.45) is 11.7 Å². The van der Waals surface area contributed by atoms with E-state index in [1.165, 1.54) is 0 Å². The second-order valence-corrected chi connectivity index (χ2v) is 3.50. The van der Waals surface area contributed by atoms with Crippen LogP contribution in [0.15, 0.2) is 18.6 Å². The number of hydrogen-bond donors (Lipinski definition) is 2. The SMILES string of the molecule is CC(CN)CCCNc1cnccn1. The molecule has 0 saturated carbocycles. The fourth-order valence-corrected chi connectivity index (χ4v) is 1.18. The monoisotopic (exact) mass is 194 g/mol. The Hall–Kier alpha value is -1.16. The standard InChI is InChI=1S/C10H18N4/c1-9(7-11)3-2-4-13-10-8-12-5-6-14-10/h5-6,8-9H,2-4,7,11H2,1H3,(H,13,14). The van der Waals surface area contributed by atoms with Gasteiger partial charge in [-0.1, -0.05) is 6.92 Å². The minimum absolute atomic E-state index is 0.610. The molecule has 3 N–H and O–H groups in total. The second kappa shape index (κ2) is 6.32. The molecule has 1 aromatic rings. The van der Waals surface area contributed by atoms with Gasteiger partial charge in [0.15, 0.2) is 0 Å². The lowest BCUT2D eigenvalue weighted by molar-refractivity contribution is 0.529. The van der Waals surface area contributed by atoms with Gasteiger partial charge in [-0.05, 0) is 25.3 Å². The number of nitrogens with one attached hydrogen (secondary N) is 1. The van der Waals surface area contributed by atoms with Gasteiger partial charge < -0.3 is 11.1 Å². The zero-order valence-electron chi connectivity index (χ0n) is 8.61. The van der Waals surface area contributed by atoms with E-state index in [1.807, 2.05) is 0 Å². The van der Waals surface area contributed by atoms with Crippen molar-refractivity contribution >= 4 is 5.82 Å². The highest BCUT2D eigenvalue weighted by Crippen LogP contribution is 2.04. The largest absolute Gasteiger partial charge is 0.369 e. The van der Waals surface area contributed by atoms with Crippen molar-refractivity contribution in [2.45, 2.75) is 19.8 Å². The van der Waals surface area contributed by atoms with Crippen LogP contribution in [0, 0.1) is 5.92 Å². The minimum atomic E-state index is 0.610. The fraction of sp³-hybridized carbons (Fsp3) is 0.600. The number of nitrogens with zero attached hydrogens (tertiary/aromatic N) is 2. The fourth-order valence-electron chi connectivity index (χ4n) is 1.18. The summed E-state index contributed by atoms with van der Waals surface area (Å²) in [5.41, 5.74) is 5.52. The van der Waals surface area contributed by atoms with Crippen LogP contribution in [0.25, 0.3) is 0 Å². The van der Waals surface area contributed by atoms with Gasteiger partial charge in [-0.2, -0.15) is 0 Å². The summed E-state index contributed by atoms with van der Waals surface area (Å²) in [4.78, 5) is 8.09. The predicted molar refractivity (Wildman–Crippen MR) is 58.0 cm³/mol. The maximum atomic E-state index is 5.52. The Balaban J connectivity index is 2.10. The molecule has 1 atom stereocenters. The molecule has 0 amide bonds. The van der Waals surface area contributed by atoms with Crippen molar-refractivity contribution in [3.8, 4) is 0 Å². The maximum absolute atomic E-state index is 5.52. The predicted octanol–water partition coefficient (Wildman–Crippen LogP) is 1.26. The number of aromatic nitrogens is 2. The third-order valence-corrected chi connectivity index (χ3v) is 2.15. The molecule has 0 saturated heterocycles. The summed E-state index contributed by atoms with van der Waals surface area (Å²) in [6.45, 7) is 3.87. The highest BCUT2D eigenvalue weighted by atomic mass is 15.0. The Kier molecular flexibility index (Phi) is 4.93. The van der Waals surface area contributed by atoms with Crippen LogP contribution < -0.4 is 11.1 Å². The minimum Gasteiger partial charge on any atom is -0.369 e. The van der Waals surface area contributed by atoms with Gasteiger partial charge in [-0.15, -0.1) is 0 Å². The van der Waals surface area contributed by atoms with Gasteiger partial charge in [0.05, 0.1) is 6.20 Å². The van der Waals surface area contributed by atoms with Crippen LogP contribution in [0.4, 0.5) is 5.82 Å². The molecule has 1 heterocycles. The zero-order chi connectivity index (χ0) is 10.2. The molecule has 0 bridgehead atoms. The summed E-state index contributed by atoms with van der Waals surface area (Å²) in [6.07, 6.45) is 7.36. The van der Waals surface area contributed by atoms with Crippen molar-refractivity contribution in [3.63, 3.8) is 0 Å². The average molecular weight is 194 g/mol. The van der Waals surface area contributed by atoms with E-state index in [1.54, 1.807) is 18.6 Å². The molecule has 14 heavy (non-hydrogen) atoms. The molecule has 0 spiro atoms. The Labute approximate surface area is 85.0 Å². The van der Waals surface area contributed by atoms with Gasteiger partial charge in [0.1, 0.15) is 5.82 Å². The molecule has 0 aliphatic heterocycles. The van der Waals surface area contributed by atoms with Gasteiger partial charge in [-0.3, -0.25) is 4.98 Å². The average Bonchev–Trinajstić information content (AvgIpc) is 2.25. The van der Waals surface area contributed by atoms with Crippen molar-refractivity contribution in [3.05, 3.63) is 18.6 Å². The number of hydrogen-bond acceptors (Lipinski definition) is 4. The van der Waals surface area contributed by atoms with Crippen LogP contribution in [0.1, 0.15) is 19.8 Å². The molecule has 1 rings (SSSR count). The molecule has 78 valence electrons. The van der Waals surface area contributed by atoms with Crippen LogP contribution in [0.2, 0.25) is 0 Å². The molecule has 4 nitrogen and oxygen atoms in total. The Morgan fingerprint density at radius 2 is 2.36 bits per heavy atom. The molecule has 4 heteroatoms. The van der Waals surface area contributed by atoms with Crippen LogP contribution in [0.5, 0.6) is 0 Å². The number of anilines is 1. The van der Waals surface area contributed by atoms with Crippen molar-refractivity contribution in [1.29, 1.82) is 0 Å². The van der Waals surface area contributed by atoms with E-state index >= 15 is 0 Å². The molecule has 1 aromatic heterocycles. The van der Waals surface area contributed by atoms with Crippen molar-refractivity contribution in [2.75, 3.05) is 18.4 Å². The van der Waals surface area contributed by atoms with E-state index in [9.17, 15) is 0 Å². The number of rotatable bonds is 6. The molecule has 0 aromatic carbocycles. The van der Waals surface area contributed by atoms with Crippen molar-refractivity contribution < 1.29 is 0 Å². The smallest absolute Gasteiger partial charge is 0.144 e. The lowest BCUT2D eigenvalue weighted by atomic mass is 10.1. The summed E-state index contributed by atoms with van der Waals surface area (Å²) in [5.74, 6) is 1.45. The van der Waals surface area contributed by atoms with Crippen LogP contribution >= 0.6 is 0 Å². The molecule has 0 radical (unpaired) electrons. The Bertz CT molecular complexity index is 237. The van der Waals surface area contributed by atoms with Gasteiger partial charge in [0.25, 0.3) is 0 Å². The van der Waals surface area contributed by atoms with Gasteiger partial charge in [0.2, 0.25) is 0 Å². The summed E-state index contributed by atoms with van der Waals surface area (Å²) in [5, 5.41) is 3.21.